The lowest BCUT2D eigenvalue weighted by molar-refractivity contribution is -0.192. The first kappa shape index (κ1) is 22.6. The first-order valence-corrected chi connectivity index (χ1v) is 9.52. The fourth-order valence-electron chi connectivity index (χ4n) is 3.53. The summed E-state index contributed by atoms with van der Waals surface area (Å²) in [7, 11) is 1.89. The Morgan fingerprint density at radius 1 is 1.26 bits per heavy atom. The average molecular weight is 441 g/mol. The second-order valence-electron chi connectivity index (χ2n) is 7.40. The molecule has 2 aliphatic heterocycles. The quantitative estimate of drug-likeness (QED) is 0.787. The van der Waals surface area contributed by atoms with E-state index >= 15 is 0 Å². The van der Waals surface area contributed by atoms with Crippen molar-refractivity contribution >= 4 is 11.9 Å². The third kappa shape index (κ3) is 5.54. The number of pyridine rings is 1. The molecule has 4 rings (SSSR count). The number of halogens is 3. The summed E-state index contributed by atoms with van der Waals surface area (Å²) in [6.45, 7) is 1.90. The zero-order valence-corrected chi connectivity index (χ0v) is 16.7. The smallest absolute Gasteiger partial charge is 0.475 e. The molecule has 0 aromatic carbocycles. The third-order valence-corrected chi connectivity index (χ3v) is 5.02. The van der Waals surface area contributed by atoms with Crippen molar-refractivity contribution in [1.29, 1.82) is 0 Å². The third-order valence-electron chi connectivity index (χ3n) is 5.02. The molecule has 8 nitrogen and oxygen atoms in total. The van der Waals surface area contributed by atoms with Crippen molar-refractivity contribution in [2.45, 2.75) is 30.7 Å². The lowest BCUT2D eigenvalue weighted by atomic mass is 9.84. The van der Waals surface area contributed by atoms with Crippen LogP contribution < -0.4 is 4.74 Å². The highest BCUT2D eigenvalue weighted by Crippen LogP contribution is 2.36. The number of rotatable bonds is 3. The number of aliphatic carboxylic acids is 1. The van der Waals surface area contributed by atoms with Crippen LogP contribution in [0.3, 0.4) is 0 Å². The summed E-state index contributed by atoms with van der Waals surface area (Å²) >= 11 is 0. The molecule has 1 unspecified atom stereocenters. The van der Waals surface area contributed by atoms with Gasteiger partial charge in [-0.05, 0) is 18.2 Å². The molecule has 2 aromatic rings. The molecule has 0 aliphatic carbocycles. The van der Waals surface area contributed by atoms with Gasteiger partial charge in [0, 0.05) is 38.3 Å². The molecular formula is C20H22F3N3O5. The molecule has 4 heterocycles. The molecule has 1 atom stereocenters. The minimum atomic E-state index is -5.08. The summed E-state index contributed by atoms with van der Waals surface area (Å²) in [5.74, 6) is -2.05. The van der Waals surface area contributed by atoms with Crippen molar-refractivity contribution in [2.75, 3.05) is 19.7 Å². The Balaban J connectivity index is 0.000000339. The molecule has 11 heteroatoms. The Bertz CT molecular complexity index is 910. The summed E-state index contributed by atoms with van der Waals surface area (Å²) in [4.78, 5) is 27.5. The number of aryl methyl sites for hydroxylation is 1. The van der Waals surface area contributed by atoms with Crippen LogP contribution in [0, 0.1) is 0 Å². The van der Waals surface area contributed by atoms with Crippen molar-refractivity contribution in [2.24, 2.45) is 7.05 Å². The number of carbonyl (C=O) groups excluding carboxylic acids is 1. The standard InChI is InChI=1S/C18H21N3O3.C2HF3O2/c1-20-9-4-5-15(20)17(22)21-12-18(13-21)11-14(7-10-23-18)24-16-6-2-3-8-19-16;3-2(4,5)1(6)7/h2-6,8-9,14H,7,10-13H2,1H3;(H,6,7). The van der Waals surface area contributed by atoms with Gasteiger partial charge in [0.15, 0.2) is 0 Å². The van der Waals surface area contributed by atoms with Gasteiger partial charge in [0.05, 0.1) is 19.7 Å². The van der Waals surface area contributed by atoms with Crippen LogP contribution in [0.15, 0.2) is 42.7 Å². The maximum absolute atomic E-state index is 12.5. The van der Waals surface area contributed by atoms with Crippen molar-refractivity contribution in [1.82, 2.24) is 14.5 Å². The van der Waals surface area contributed by atoms with E-state index in [2.05, 4.69) is 4.98 Å². The number of hydrogen-bond donors (Lipinski definition) is 1. The minimum Gasteiger partial charge on any atom is -0.475 e. The van der Waals surface area contributed by atoms with E-state index in [0.717, 1.165) is 12.8 Å². The van der Waals surface area contributed by atoms with Crippen LogP contribution in [0.1, 0.15) is 23.3 Å². The van der Waals surface area contributed by atoms with Crippen LogP contribution in [0.2, 0.25) is 0 Å². The van der Waals surface area contributed by atoms with Crippen LogP contribution in [-0.2, 0) is 16.6 Å². The summed E-state index contributed by atoms with van der Waals surface area (Å²) < 4.78 is 45.6. The van der Waals surface area contributed by atoms with Gasteiger partial charge >= 0.3 is 12.1 Å². The van der Waals surface area contributed by atoms with Crippen LogP contribution in [0.5, 0.6) is 5.88 Å². The number of carboxylic acid groups (broad SMARTS) is 1. The van der Waals surface area contributed by atoms with Gasteiger partial charge in [-0.2, -0.15) is 13.2 Å². The van der Waals surface area contributed by atoms with E-state index in [-0.39, 0.29) is 17.6 Å². The van der Waals surface area contributed by atoms with E-state index in [0.29, 0.717) is 31.3 Å². The molecule has 1 spiro atoms. The fraction of sp³-hybridized carbons (Fsp3) is 0.450. The minimum absolute atomic E-state index is 0.0597. The molecule has 168 valence electrons. The second-order valence-corrected chi connectivity index (χ2v) is 7.40. The van der Waals surface area contributed by atoms with Gasteiger partial charge < -0.3 is 24.0 Å². The monoisotopic (exact) mass is 441 g/mol. The summed E-state index contributed by atoms with van der Waals surface area (Å²) in [6.07, 6.45) is 0.260. The van der Waals surface area contributed by atoms with E-state index in [1.54, 1.807) is 6.20 Å². The van der Waals surface area contributed by atoms with E-state index in [1.165, 1.54) is 0 Å². The number of nitrogens with zero attached hydrogens (tertiary/aromatic N) is 3. The van der Waals surface area contributed by atoms with Gasteiger partial charge in [-0.15, -0.1) is 0 Å². The van der Waals surface area contributed by atoms with E-state index < -0.39 is 12.1 Å². The summed E-state index contributed by atoms with van der Waals surface area (Å²) in [5.41, 5.74) is 0.445. The summed E-state index contributed by atoms with van der Waals surface area (Å²) in [5, 5.41) is 7.12. The molecule has 0 bridgehead atoms. The van der Waals surface area contributed by atoms with Gasteiger partial charge in [0.25, 0.3) is 5.91 Å². The van der Waals surface area contributed by atoms with Gasteiger partial charge in [0.2, 0.25) is 5.88 Å². The Kier molecular flexibility index (Phi) is 6.54. The molecule has 0 saturated carbocycles. The maximum atomic E-state index is 12.5. The topological polar surface area (TPSA) is 93.9 Å². The first-order valence-electron chi connectivity index (χ1n) is 9.52. The molecule has 0 radical (unpaired) electrons. The SMILES string of the molecule is Cn1cccc1C(=O)N1CC2(CC(Oc3ccccn3)CCO2)C1.O=C(O)C(F)(F)F. The van der Waals surface area contributed by atoms with E-state index in [9.17, 15) is 18.0 Å². The molecule has 2 fully saturated rings. The number of ether oxygens (including phenoxy) is 2. The molecule has 1 amide bonds. The Labute approximate surface area is 176 Å². The summed E-state index contributed by atoms with van der Waals surface area (Å²) in [6, 6.07) is 9.39. The largest absolute Gasteiger partial charge is 0.490 e. The van der Waals surface area contributed by atoms with Crippen LogP contribution in [-0.4, -0.2) is 69.0 Å². The number of hydrogen-bond acceptors (Lipinski definition) is 5. The van der Waals surface area contributed by atoms with Crippen molar-refractivity contribution in [3.63, 3.8) is 0 Å². The van der Waals surface area contributed by atoms with E-state index in [1.807, 2.05) is 53.0 Å². The molecule has 2 aliphatic rings. The maximum Gasteiger partial charge on any atom is 0.490 e. The molecule has 1 N–H and O–H groups in total. The number of alkyl halides is 3. The number of amides is 1. The van der Waals surface area contributed by atoms with Gasteiger partial charge in [0.1, 0.15) is 17.4 Å². The lowest BCUT2D eigenvalue weighted by Crippen LogP contribution is -2.67. The van der Waals surface area contributed by atoms with Crippen LogP contribution in [0.25, 0.3) is 0 Å². The predicted molar refractivity (Wildman–Crippen MR) is 102 cm³/mol. The van der Waals surface area contributed by atoms with E-state index in [4.69, 9.17) is 19.4 Å². The Morgan fingerprint density at radius 2 is 1.97 bits per heavy atom. The Hall–Kier alpha value is -3.08. The molecular weight excluding hydrogens is 419 g/mol. The zero-order valence-electron chi connectivity index (χ0n) is 16.7. The highest BCUT2D eigenvalue weighted by molar-refractivity contribution is 5.93. The zero-order chi connectivity index (χ0) is 22.6. The number of carbonyl (C=O) groups is 2. The van der Waals surface area contributed by atoms with Gasteiger partial charge in [-0.1, -0.05) is 6.07 Å². The van der Waals surface area contributed by atoms with Crippen LogP contribution >= 0.6 is 0 Å². The molecule has 2 saturated heterocycles. The lowest BCUT2D eigenvalue weighted by Gasteiger charge is -2.52. The highest BCUT2D eigenvalue weighted by Gasteiger charge is 2.50. The predicted octanol–water partition coefficient (Wildman–Crippen LogP) is 2.51. The first-order chi connectivity index (χ1) is 14.6. The van der Waals surface area contributed by atoms with Gasteiger partial charge in [-0.25, -0.2) is 9.78 Å². The normalized spacial score (nSPS) is 19.7. The Morgan fingerprint density at radius 3 is 2.52 bits per heavy atom. The number of carboxylic acids is 1. The average Bonchev–Trinajstić information content (AvgIpc) is 3.12. The van der Waals surface area contributed by atoms with Gasteiger partial charge in [-0.3, -0.25) is 4.79 Å². The number of likely N-dealkylation sites (tertiary alicyclic amines) is 1. The van der Waals surface area contributed by atoms with Crippen molar-refractivity contribution < 1.29 is 37.3 Å². The highest BCUT2D eigenvalue weighted by atomic mass is 19.4. The van der Waals surface area contributed by atoms with Crippen molar-refractivity contribution in [3.05, 3.63) is 48.4 Å². The molecule has 31 heavy (non-hydrogen) atoms. The molecule has 2 aromatic heterocycles. The number of aromatic nitrogens is 2. The van der Waals surface area contributed by atoms with Crippen molar-refractivity contribution in [3.8, 4) is 5.88 Å². The van der Waals surface area contributed by atoms with Crippen LogP contribution in [0.4, 0.5) is 13.2 Å². The fourth-order valence-corrected chi connectivity index (χ4v) is 3.53. The second kappa shape index (κ2) is 8.96.